The minimum atomic E-state index is -1.52. The number of benzene rings is 2. The van der Waals surface area contributed by atoms with Crippen LogP contribution in [0.1, 0.15) is 42.7 Å². The molecule has 5 heteroatoms. The Morgan fingerprint density at radius 1 is 0.960 bits per heavy atom. The van der Waals surface area contributed by atoms with Crippen LogP contribution < -0.4 is 5.32 Å². The SMILES string of the molecule is CC(C)(C)OC(=O)[C@H](O)[C@H](NC(=O)c1ccccc1)c1ccccc1. The molecule has 0 aliphatic rings. The van der Waals surface area contributed by atoms with E-state index in [4.69, 9.17) is 4.74 Å². The van der Waals surface area contributed by atoms with E-state index >= 15 is 0 Å². The lowest BCUT2D eigenvalue weighted by atomic mass is 10.0. The topological polar surface area (TPSA) is 75.6 Å². The van der Waals surface area contributed by atoms with E-state index in [2.05, 4.69) is 5.32 Å². The van der Waals surface area contributed by atoms with Crippen LogP contribution in [0.3, 0.4) is 0 Å². The normalized spacial score (nSPS) is 13.6. The number of ether oxygens (including phenoxy) is 1. The van der Waals surface area contributed by atoms with E-state index < -0.39 is 23.7 Å². The molecule has 1 amide bonds. The van der Waals surface area contributed by atoms with E-state index in [1.54, 1.807) is 75.4 Å². The molecule has 0 saturated heterocycles. The third-order valence-electron chi connectivity index (χ3n) is 3.45. The van der Waals surface area contributed by atoms with Gasteiger partial charge in [0.2, 0.25) is 0 Å². The highest BCUT2D eigenvalue weighted by Crippen LogP contribution is 2.21. The number of rotatable bonds is 5. The zero-order valence-corrected chi connectivity index (χ0v) is 14.6. The molecule has 5 nitrogen and oxygen atoms in total. The minimum Gasteiger partial charge on any atom is -0.458 e. The summed E-state index contributed by atoms with van der Waals surface area (Å²) in [4.78, 5) is 24.7. The summed E-state index contributed by atoms with van der Waals surface area (Å²) in [6.07, 6.45) is -1.52. The first-order valence-corrected chi connectivity index (χ1v) is 8.10. The van der Waals surface area contributed by atoms with Crippen molar-refractivity contribution in [2.75, 3.05) is 0 Å². The van der Waals surface area contributed by atoms with Crippen molar-refractivity contribution in [1.82, 2.24) is 5.32 Å². The van der Waals surface area contributed by atoms with Crippen LogP contribution in [0, 0.1) is 0 Å². The summed E-state index contributed by atoms with van der Waals surface area (Å²) in [6, 6.07) is 16.6. The van der Waals surface area contributed by atoms with Crippen LogP contribution in [0.15, 0.2) is 60.7 Å². The second-order valence-corrected chi connectivity index (χ2v) is 6.71. The highest BCUT2D eigenvalue weighted by atomic mass is 16.6. The summed E-state index contributed by atoms with van der Waals surface area (Å²) in [5.41, 5.74) is 0.327. The predicted octanol–water partition coefficient (Wildman–Crippen LogP) is 2.86. The van der Waals surface area contributed by atoms with E-state index in [0.29, 0.717) is 11.1 Å². The van der Waals surface area contributed by atoms with E-state index in [1.165, 1.54) is 0 Å². The van der Waals surface area contributed by atoms with Crippen molar-refractivity contribution in [3.05, 3.63) is 71.8 Å². The fraction of sp³-hybridized carbons (Fsp3) is 0.300. The van der Waals surface area contributed by atoms with E-state index in [0.717, 1.165) is 0 Å². The van der Waals surface area contributed by atoms with Crippen LogP contribution in [-0.2, 0) is 9.53 Å². The van der Waals surface area contributed by atoms with Gasteiger partial charge in [-0.3, -0.25) is 4.79 Å². The third-order valence-corrected chi connectivity index (χ3v) is 3.45. The molecule has 2 atom stereocenters. The number of amides is 1. The summed E-state index contributed by atoms with van der Waals surface area (Å²) < 4.78 is 5.25. The van der Waals surface area contributed by atoms with Crippen LogP contribution in [0.4, 0.5) is 0 Å². The van der Waals surface area contributed by atoms with Gasteiger partial charge in [-0.2, -0.15) is 0 Å². The van der Waals surface area contributed by atoms with Crippen molar-refractivity contribution >= 4 is 11.9 Å². The zero-order valence-electron chi connectivity index (χ0n) is 14.6. The summed E-state index contributed by atoms with van der Waals surface area (Å²) in [6.45, 7) is 5.16. The maximum absolute atomic E-state index is 12.5. The fourth-order valence-electron chi connectivity index (χ4n) is 2.32. The van der Waals surface area contributed by atoms with Crippen LogP contribution in [0.5, 0.6) is 0 Å². The van der Waals surface area contributed by atoms with Crippen molar-refractivity contribution in [2.24, 2.45) is 0 Å². The Balaban J connectivity index is 2.25. The number of nitrogens with one attached hydrogen (secondary N) is 1. The second kappa shape index (κ2) is 7.94. The maximum Gasteiger partial charge on any atom is 0.338 e. The summed E-state index contributed by atoms with van der Waals surface area (Å²) in [7, 11) is 0. The number of carbonyl (C=O) groups excluding carboxylic acids is 2. The lowest BCUT2D eigenvalue weighted by Gasteiger charge is -2.27. The van der Waals surface area contributed by atoms with E-state index in [1.807, 2.05) is 6.07 Å². The van der Waals surface area contributed by atoms with Gasteiger partial charge in [0.1, 0.15) is 5.60 Å². The Hall–Kier alpha value is -2.66. The van der Waals surface area contributed by atoms with Crippen LogP contribution in [0.2, 0.25) is 0 Å². The molecule has 0 aromatic heterocycles. The Bertz CT molecular complexity index is 707. The van der Waals surface area contributed by atoms with Crippen LogP contribution in [-0.4, -0.2) is 28.7 Å². The van der Waals surface area contributed by atoms with Gasteiger partial charge >= 0.3 is 5.97 Å². The van der Waals surface area contributed by atoms with Gasteiger partial charge in [-0.1, -0.05) is 48.5 Å². The third kappa shape index (κ3) is 5.43. The number of aliphatic hydroxyl groups excluding tert-OH is 1. The van der Waals surface area contributed by atoms with Gasteiger partial charge in [0, 0.05) is 5.56 Å². The number of aliphatic hydroxyl groups is 1. The molecule has 0 spiro atoms. The molecule has 25 heavy (non-hydrogen) atoms. The zero-order chi connectivity index (χ0) is 18.4. The van der Waals surface area contributed by atoms with Crippen molar-refractivity contribution < 1.29 is 19.4 Å². The average Bonchev–Trinajstić information content (AvgIpc) is 2.59. The minimum absolute atomic E-state index is 0.378. The van der Waals surface area contributed by atoms with Crippen molar-refractivity contribution in [3.8, 4) is 0 Å². The van der Waals surface area contributed by atoms with Gasteiger partial charge in [0.05, 0.1) is 6.04 Å². The van der Waals surface area contributed by atoms with Gasteiger partial charge < -0.3 is 15.2 Å². The Morgan fingerprint density at radius 2 is 1.48 bits per heavy atom. The van der Waals surface area contributed by atoms with Gasteiger partial charge in [0.15, 0.2) is 6.10 Å². The molecule has 2 aromatic rings. The molecular formula is C20H23NO4. The molecule has 0 bridgehead atoms. The molecule has 0 unspecified atom stereocenters. The number of carbonyl (C=O) groups is 2. The van der Waals surface area contributed by atoms with E-state index in [-0.39, 0.29) is 5.91 Å². The Kier molecular flexibility index (Phi) is 5.93. The summed E-state index contributed by atoms with van der Waals surface area (Å²) in [5.74, 6) is -1.16. The van der Waals surface area contributed by atoms with Crippen LogP contribution in [0.25, 0.3) is 0 Å². The quantitative estimate of drug-likeness (QED) is 0.820. The number of hydrogen-bond acceptors (Lipinski definition) is 4. The van der Waals surface area contributed by atoms with Crippen molar-refractivity contribution in [3.63, 3.8) is 0 Å². The van der Waals surface area contributed by atoms with Crippen LogP contribution >= 0.6 is 0 Å². The molecule has 0 saturated carbocycles. The molecule has 0 aliphatic heterocycles. The predicted molar refractivity (Wildman–Crippen MR) is 94.9 cm³/mol. The van der Waals surface area contributed by atoms with Gasteiger partial charge in [-0.15, -0.1) is 0 Å². The highest BCUT2D eigenvalue weighted by molar-refractivity contribution is 5.94. The first kappa shape index (κ1) is 18.7. The first-order valence-electron chi connectivity index (χ1n) is 8.10. The monoisotopic (exact) mass is 341 g/mol. The molecule has 2 N–H and O–H groups in total. The molecule has 132 valence electrons. The maximum atomic E-state index is 12.5. The lowest BCUT2D eigenvalue weighted by Crippen LogP contribution is -2.43. The molecule has 0 heterocycles. The lowest BCUT2D eigenvalue weighted by molar-refractivity contribution is -0.166. The fourth-order valence-corrected chi connectivity index (χ4v) is 2.32. The van der Waals surface area contributed by atoms with Crippen molar-refractivity contribution in [2.45, 2.75) is 38.5 Å². The molecule has 0 aliphatic carbocycles. The largest absolute Gasteiger partial charge is 0.458 e. The molecule has 0 fully saturated rings. The second-order valence-electron chi connectivity index (χ2n) is 6.71. The summed E-state index contributed by atoms with van der Waals surface area (Å²) in [5, 5.41) is 13.2. The molecule has 2 rings (SSSR count). The molecular weight excluding hydrogens is 318 g/mol. The standard InChI is InChI=1S/C20H23NO4/c1-20(2,3)25-19(24)17(22)16(14-10-6-4-7-11-14)21-18(23)15-12-8-5-9-13-15/h4-13,16-17,22H,1-3H3,(H,21,23)/t16-,17-/m1/s1. The Labute approximate surface area is 147 Å². The first-order chi connectivity index (χ1) is 11.8. The van der Waals surface area contributed by atoms with Gasteiger partial charge in [-0.25, -0.2) is 4.79 Å². The van der Waals surface area contributed by atoms with Gasteiger partial charge in [-0.05, 0) is 38.5 Å². The number of esters is 1. The molecule has 0 radical (unpaired) electrons. The summed E-state index contributed by atoms with van der Waals surface area (Å²) >= 11 is 0. The van der Waals surface area contributed by atoms with Gasteiger partial charge in [0.25, 0.3) is 5.91 Å². The Morgan fingerprint density at radius 3 is 2.00 bits per heavy atom. The number of hydrogen-bond donors (Lipinski definition) is 2. The average molecular weight is 341 g/mol. The smallest absolute Gasteiger partial charge is 0.338 e. The van der Waals surface area contributed by atoms with Crippen molar-refractivity contribution in [1.29, 1.82) is 0 Å². The molecule has 2 aromatic carbocycles. The van der Waals surface area contributed by atoms with E-state index in [9.17, 15) is 14.7 Å². The highest BCUT2D eigenvalue weighted by Gasteiger charge is 2.32.